The van der Waals surface area contributed by atoms with Crippen molar-refractivity contribution < 1.29 is 5.48 Å². The van der Waals surface area contributed by atoms with Crippen LogP contribution in [0, 0.1) is 0 Å². The second-order valence-corrected chi connectivity index (χ2v) is 0. The third-order valence-corrected chi connectivity index (χ3v) is 0. The van der Waals surface area contributed by atoms with Gasteiger partial charge >= 0.3 is 0 Å². The Labute approximate surface area is 99.0 Å². The smallest absolute Gasteiger partial charge is 0 e. The van der Waals surface area contributed by atoms with E-state index < -0.39 is 0 Å². The molecule has 2 N–H and O–H groups in total. The van der Waals surface area contributed by atoms with Crippen molar-refractivity contribution in [1.29, 1.82) is 0 Å². The molecule has 0 aliphatic carbocycles. The molecule has 0 spiro atoms. The minimum Gasteiger partial charge on any atom is -0.412 e. The molecule has 0 fully saturated rings. The Morgan fingerprint density at radius 2 is 1.00 bits per heavy atom. The average molecular weight is 136 g/mol. The molecule has 0 aliphatic heterocycles. The summed E-state index contributed by atoms with van der Waals surface area (Å²) >= 11 is 0. The van der Waals surface area contributed by atoms with Gasteiger partial charge in [-0.25, -0.2) is 0 Å². The Hall–Kier alpha value is 2.97. The molecule has 0 unspecified atom stereocenters. The summed E-state index contributed by atoms with van der Waals surface area (Å²) in [6.07, 6.45) is 0. The molecule has 1 nitrogen and oxygen atoms in total. The molecule has 0 saturated carbocycles. The molecule has 18 valence electrons. The van der Waals surface area contributed by atoms with Gasteiger partial charge in [0, 0.05) is 95.6 Å². The van der Waals surface area contributed by atoms with E-state index in [1.807, 2.05) is 0 Å². The van der Waals surface area contributed by atoms with Gasteiger partial charge < -0.3 is 5.48 Å². The Balaban J connectivity index is 0. The van der Waals surface area contributed by atoms with Crippen molar-refractivity contribution in [1.82, 2.24) is 0 Å². The minimum atomic E-state index is 0. The van der Waals surface area contributed by atoms with Crippen LogP contribution < -0.4 is 0 Å². The van der Waals surface area contributed by atoms with Gasteiger partial charge in [-0.3, -0.25) is 0 Å². The summed E-state index contributed by atoms with van der Waals surface area (Å²) < 4.78 is 0. The average Bonchev–Trinajstić information content (AvgIpc) is 0. The first-order valence-corrected chi connectivity index (χ1v) is 0. The van der Waals surface area contributed by atoms with Crippen LogP contribution in [0.1, 0.15) is 0 Å². The van der Waals surface area contributed by atoms with Crippen LogP contribution in [0.25, 0.3) is 0 Å². The fraction of sp³-hybridized carbons (Fsp3) is 0. The van der Waals surface area contributed by atoms with Crippen LogP contribution >= 0.6 is 0 Å². The van der Waals surface area contributed by atoms with Gasteiger partial charge in [0.15, 0.2) is 0 Å². The van der Waals surface area contributed by atoms with Crippen molar-refractivity contribution in [2.75, 3.05) is 0 Å². The molecular weight excluding hydrogens is 134 g/mol. The van der Waals surface area contributed by atoms with E-state index in [1.54, 1.807) is 0 Å². The van der Waals surface area contributed by atoms with E-state index in [2.05, 4.69) is 0 Å². The first-order valence-electron chi connectivity index (χ1n) is 0. The van der Waals surface area contributed by atoms with Crippen LogP contribution in [-0.4, -0.2) is 101 Å². The number of rotatable bonds is 0. The molecule has 0 aromatic carbocycles. The quantitative estimate of drug-likeness (QED) is 0.334. The van der Waals surface area contributed by atoms with Gasteiger partial charge in [-0.15, -0.1) is 0 Å². The van der Waals surface area contributed by atoms with Gasteiger partial charge in [-0.2, -0.15) is 0 Å². The minimum absolute atomic E-state index is 0. The van der Waals surface area contributed by atoms with E-state index in [4.69, 9.17) is 0 Å². The molecule has 5 heteroatoms. The fourth-order valence-corrected chi connectivity index (χ4v) is 0. The zero-order valence-corrected chi connectivity index (χ0v) is 9.65. The van der Waals surface area contributed by atoms with Crippen molar-refractivity contribution in [2.24, 2.45) is 0 Å². The van der Waals surface area contributed by atoms with Crippen molar-refractivity contribution >= 4 is 95.6 Å². The normalized spacial score (nSPS) is 0. The summed E-state index contributed by atoms with van der Waals surface area (Å²) in [5, 5.41) is 0. The summed E-state index contributed by atoms with van der Waals surface area (Å²) in [5.74, 6) is 0. The van der Waals surface area contributed by atoms with Gasteiger partial charge in [0.2, 0.25) is 0 Å². The molecule has 5 heavy (non-hydrogen) atoms. The standard InChI is InChI=1S/Al.Ca.Na.H2O.Si/h;;;1H2;. The number of hydrogen-bond donors (Lipinski definition) is 0. The van der Waals surface area contributed by atoms with E-state index in [0.29, 0.717) is 0 Å². The van der Waals surface area contributed by atoms with Crippen LogP contribution in [0.3, 0.4) is 0 Å². The zero-order valence-electron chi connectivity index (χ0n) is 3.28. The van der Waals surface area contributed by atoms with Crippen molar-refractivity contribution in [2.45, 2.75) is 0 Å². The van der Waals surface area contributed by atoms with Gasteiger partial charge in [0.1, 0.15) is 0 Å². The maximum Gasteiger partial charge on any atom is 0 e. The van der Waals surface area contributed by atoms with Crippen LogP contribution in [0.15, 0.2) is 0 Å². The van der Waals surface area contributed by atoms with E-state index in [-0.39, 0.29) is 101 Å². The molecule has 0 bridgehead atoms. The fourth-order valence-electron chi connectivity index (χ4n) is 0. The van der Waals surface area contributed by atoms with E-state index >= 15 is 0 Å². The van der Waals surface area contributed by atoms with Gasteiger partial charge in [0.05, 0.1) is 0 Å². The Morgan fingerprint density at radius 3 is 1.00 bits per heavy atom. The second kappa shape index (κ2) is 28.2. The largest absolute Gasteiger partial charge is 0.412 e. The molecule has 0 aromatic heterocycles. The third kappa shape index (κ3) is 19.5. The summed E-state index contributed by atoms with van der Waals surface area (Å²) in [6.45, 7) is 0. The molecule has 10 radical (unpaired) electrons. The Bertz CT molecular complexity index is 11.6. The molecular formula is H2AlCaNaOSi. The van der Waals surface area contributed by atoms with Crippen molar-refractivity contribution in [3.05, 3.63) is 0 Å². The monoisotopic (exact) mass is 136 g/mol. The SMILES string of the molecule is O.[Al].[Ca].[Na].[Si]. The first-order chi connectivity index (χ1) is 0. The summed E-state index contributed by atoms with van der Waals surface area (Å²) in [7, 11) is 0. The summed E-state index contributed by atoms with van der Waals surface area (Å²) in [5.41, 5.74) is 0. The summed E-state index contributed by atoms with van der Waals surface area (Å²) in [4.78, 5) is 0. The van der Waals surface area contributed by atoms with Crippen molar-refractivity contribution in [3.8, 4) is 0 Å². The third-order valence-electron chi connectivity index (χ3n) is 0. The maximum atomic E-state index is 0. The Morgan fingerprint density at radius 1 is 1.00 bits per heavy atom. The topological polar surface area (TPSA) is 31.5 Å². The van der Waals surface area contributed by atoms with Gasteiger partial charge in [0.25, 0.3) is 0 Å². The molecule has 0 atom stereocenters. The number of hydrogen-bond acceptors (Lipinski definition) is 0. The van der Waals surface area contributed by atoms with E-state index in [0.717, 1.165) is 0 Å². The predicted molar refractivity (Wildman–Crippen MR) is 26.6 cm³/mol. The molecule has 0 amide bonds. The molecule has 0 rings (SSSR count). The maximum absolute atomic E-state index is 0. The molecule has 0 saturated heterocycles. The van der Waals surface area contributed by atoms with Crippen molar-refractivity contribution in [3.63, 3.8) is 0 Å². The van der Waals surface area contributed by atoms with Crippen LogP contribution in [0.5, 0.6) is 0 Å². The summed E-state index contributed by atoms with van der Waals surface area (Å²) in [6, 6.07) is 0. The second-order valence-electron chi connectivity index (χ2n) is 0. The van der Waals surface area contributed by atoms with Crippen LogP contribution in [-0.2, 0) is 0 Å². The van der Waals surface area contributed by atoms with Gasteiger partial charge in [-0.05, 0) is 0 Å². The van der Waals surface area contributed by atoms with Gasteiger partial charge in [-0.1, -0.05) is 0 Å². The molecule has 0 aliphatic rings. The first kappa shape index (κ1) is 43.9. The van der Waals surface area contributed by atoms with E-state index in [9.17, 15) is 0 Å². The van der Waals surface area contributed by atoms with Crippen LogP contribution in [0.4, 0.5) is 0 Å². The Kier molecular flexibility index (Phi) is 247. The molecule has 0 aromatic rings. The van der Waals surface area contributed by atoms with Crippen LogP contribution in [0.2, 0.25) is 0 Å². The molecule has 0 heterocycles. The predicted octanol–water partition coefficient (Wildman–Crippen LogP) is -2.35. The van der Waals surface area contributed by atoms with E-state index in [1.165, 1.54) is 0 Å². The zero-order chi connectivity index (χ0) is 0.